The summed E-state index contributed by atoms with van der Waals surface area (Å²) in [5, 5.41) is 1.12. The second kappa shape index (κ2) is 4.18. The summed E-state index contributed by atoms with van der Waals surface area (Å²) in [7, 11) is 0. The van der Waals surface area contributed by atoms with Crippen LogP contribution in [-0.4, -0.2) is 20.7 Å². The van der Waals surface area contributed by atoms with E-state index in [0.29, 0.717) is 13.0 Å². The van der Waals surface area contributed by atoms with Crippen LogP contribution in [0.25, 0.3) is 10.9 Å². The van der Waals surface area contributed by atoms with E-state index >= 15 is 0 Å². The Morgan fingerprint density at radius 3 is 3.10 bits per heavy atom. The number of hydrogen-bond donors (Lipinski definition) is 2. The molecule has 1 aromatic carbocycles. The third-order valence-corrected chi connectivity index (χ3v) is 3.97. The van der Waals surface area contributed by atoms with Crippen LogP contribution in [0, 0.1) is 0 Å². The summed E-state index contributed by atoms with van der Waals surface area (Å²) in [6.45, 7) is 0.391. The van der Waals surface area contributed by atoms with Crippen LogP contribution in [0.4, 0.5) is 4.39 Å². The van der Waals surface area contributed by atoms with Gasteiger partial charge < -0.3 is 15.3 Å². The van der Waals surface area contributed by atoms with Gasteiger partial charge in [-0.25, -0.2) is 9.37 Å². The first-order chi connectivity index (χ1) is 9.72. The molecule has 0 bridgehead atoms. The molecule has 0 aliphatic carbocycles. The minimum absolute atomic E-state index is 0.344. The summed E-state index contributed by atoms with van der Waals surface area (Å²) in [4.78, 5) is 7.69. The van der Waals surface area contributed by atoms with Gasteiger partial charge in [-0.1, -0.05) is 18.2 Å². The Bertz CT molecular complexity index is 740. The fraction of sp³-hybridized carbons (Fsp3) is 0.267. The maximum atomic E-state index is 13.5. The second-order valence-electron chi connectivity index (χ2n) is 5.32. The number of aromatic amines is 1. The first-order valence-electron chi connectivity index (χ1n) is 6.73. The average Bonchev–Trinajstić information content (AvgIpc) is 3.10. The second-order valence-corrected chi connectivity index (χ2v) is 5.32. The van der Waals surface area contributed by atoms with Crippen molar-refractivity contribution in [3.05, 3.63) is 53.7 Å². The van der Waals surface area contributed by atoms with Gasteiger partial charge in [-0.2, -0.15) is 0 Å². The van der Waals surface area contributed by atoms with Gasteiger partial charge in [0.25, 0.3) is 0 Å². The average molecular weight is 270 g/mol. The molecule has 1 aliphatic heterocycles. The Hall–Kier alpha value is -2.14. The Morgan fingerprint density at radius 1 is 1.40 bits per heavy atom. The van der Waals surface area contributed by atoms with Crippen LogP contribution in [0.2, 0.25) is 0 Å². The molecule has 102 valence electrons. The van der Waals surface area contributed by atoms with E-state index in [1.54, 1.807) is 6.33 Å². The Kier molecular flexibility index (Phi) is 2.44. The molecular weight excluding hydrogens is 255 g/mol. The number of alkyl halides is 1. The molecule has 4 nitrogen and oxygen atoms in total. The van der Waals surface area contributed by atoms with Crippen molar-refractivity contribution in [2.24, 2.45) is 5.73 Å². The van der Waals surface area contributed by atoms with Crippen LogP contribution in [-0.2, 0) is 13.0 Å². The topological polar surface area (TPSA) is 59.6 Å². The summed E-state index contributed by atoms with van der Waals surface area (Å²) in [6, 6.07) is 9.72. The maximum Gasteiger partial charge on any atom is 0.123 e. The molecule has 1 aliphatic rings. The Labute approximate surface area is 115 Å². The van der Waals surface area contributed by atoms with Crippen LogP contribution in [0.15, 0.2) is 36.7 Å². The van der Waals surface area contributed by atoms with Crippen LogP contribution in [0.5, 0.6) is 0 Å². The smallest absolute Gasteiger partial charge is 0.123 e. The monoisotopic (exact) mass is 270 g/mol. The van der Waals surface area contributed by atoms with E-state index in [0.717, 1.165) is 28.0 Å². The van der Waals surface area contributed by atoms with Gasteiger partial charge in [-0.3, -0.25) is 0 Å². The zero-order valence-corrected chi connectivity index (χ0v) is 10.9. The van der Waals surface area contributed by atoms with Crippen molar-refractivity contribution in [3.8, 4) is 0 Å². The number of rotatable bonds is 2. The Balaban J connectivity index is 1.75. The van der Waals surface area contributed by atoms with Crippen LogP contribution >= 0.6 is 0 Å². The normalized spacial score (nSPS) is 19.4. The van der Waals surface area contributed by atoms with Crippen LogP contribution in [0.3, 0.4) is 0 Å². The molecule has 2 atom stereocenters. The van der Waals surface area contributed by atoms with E-state index in [2.05, 4.69) is 9.97 Å². The summed E-state index contributed by atoms with van der Waals surface area (Å²) in [6.07, 6.45) is 1.28. The van der Waals surface area contributed by atoms with E-state index in [1.807, 2.05) is 34.9 Å². The molecule has 0 spiro atoms. The molecule has 0 amide bonds. The van der Waals surface area contributed by atoms with E-state index in [-0.39, 0.29) is 6.04 Å². The van der Waals surface area contributed by atoms with Gasteiger partial charge in [0.15, 0.2) is 0 Å². The largest absolute Gasteiger partial charge is 0.357 e. The van der Waals surface area contributed by atoms with E-state index in [1.165, 1.54) is 0 Å². The molecule has 5 heteroatoms. The van der Waals surface area contributed by atoms with Crippen LogP contribution < -0.4 is 5.73 Å². The molecule has 0 saturated carbocycles. The first-order valence-corrected chi connectivity index (χ1v) is 6.73. The lowest BCUT2D eigenvalue weighted by molar-refractivity contribution is 0.328. The quantitative estimate of drug-likeness (QED) is 0.750. The molecule has 20 heavy (non-hydrogen) atoms. The van der Waals surface area contributed by atoms with E-state index < -0.39 is 6.17 Å². The fourth-order valence-corrected chi connectivity index (χ4v) is 2.96. The van der Waals surface area contributed by atoms with Gasteiger partial charge in [-0.15, -0.1) is 0 Å². The SMILES string of the molecule is NC(c1cc2ccccc2[nH]1)c1ncn2c1C[C@@H](F)C2. The fourth-order valence-electron chi connectivity index (χ4n) is 2.96. The lowest BCUT2D eigenvalue weighted by atomic mass is 10.1. The number of nitrogens with one attached hydrogen (secondary N) is 1. The third-order valence-electron chi connectivity index (χ3n) is 3.97. The van der Waals surface area contributed by atoms with Crippen molar-refractivity contribution in [3.63, 3.8) is 0 Å². The van der Waals surface area contributed by atoms with E-state index in [9.17, 15) is 4.39 Å². The molecule has 0 radical (unpaired) electrons. The maximum absolute atomic E-state index is 13.5. The molecule has 3 heterocycles. The standard InChI is InChI=1S/C15H15FN4/c16-10-6-13-15(18-8-20(13)7-10)14(17)12-5-9-3-1-2-4-11(9)19-12/h1-5,8,10,14,19H,6-7,17H2/t10-,14?/m1/s1. The number of halogens is 1. The predicted molar refractivity (Wildman–Crippen MR) is 75.2 cm³/mol. The van der Waals surface area contributed by atoms with Gasteiger partial charge in [0, 0.05) is 23.3 Å². The summed E-state index contributed by atoms with van der Waals surface area (Å²) >= 11 is 0. The summed E-state index contributed by atoms with van der Waals surface area (Å²) < 4.78 is 15.3. The minimum Gasteiger partial charge on any atom is -0.357 e. The van der Waals surface area contributed by atoms with Gasteiger partial charge in [0.1, 0.15) is 6.17 Å². The van der Waals surface area contributed by atoms with Crippen molar-refractivity contribution in [1.29, 1.82) is 0 Å². The van der Waals surface area contributed by atoms with Gasteiger partial charge in [0.05, 0.1) is 24.6 Å². The molecule has 0 saturated heterocycles. The number of H-pyrrole nitrogens is 1. The highest BCUT2D eigenvalue weighted by Crippen LogP contribution is 2.28. The molecular formula is C15H15FN4. The van der Waals surface area contributed by atoms with E-state index in [4.69, 9.17) is 5.73 Å². The number of hydrogen-bond acceptors (Lipinski definition) is 2. The predicted octanol–water partition coefficient (Wildman–Crippen LogP) is 2.31. The summed E-state index contributed by atoms with van der Waals surface area (Å²) in [5.41, 5.74) is 9.97. The molecule has 1 unspecified atom stereocenters. The van der Waals surface area contributed by atoms with Crippen LogP contribution in [0.1, 0.15) is 23.1 Å². The molecule has 3 N–H and O–H groups in total. The Morgan fingerprint density at radius 2 is 2.25 bits per heavy atom. The zero-order valence-electron chi connectivity index (χ0n) is 10.9. The summed E-state index contributed by atoms with van der Waals surface area (Å²) in [5.74, 6) is 0. The van der Waals surface area contributed by atoms with Gasteiger partial charge in [-0.05, 0) is 17.5 Å². The first kappa shape index (κ1) is 11.7. The van der Waals surface area contributed by atoms with Crippen molar-refractivity contribution < 1.29 is 4.39 Å². The molecule has 0 fully saturated rings. The number of para-hydroxylation sites is 1. The number of fused-ring (bicyclic) bond motifs is 2. The molecule has 2 aromatic heterocycles. The van der Waals surface area contributed by atoms with Crippen molar-refractivity contribution >= 4 is 10.9 Å². The van der Waals surface area contributed by atoms with Crippen molar-refractivity contribution in [1.82, 2.24) is 14.5 Å². The number of nitrogens with two attached hydrogens (primary N) is 1. The third kappa shape index (κ3) is 1.67. The van der Waals surface area contributed by atoms with Gasteiger partial charge >= 0.3 is 0 Å². The highest BCUT2D eigenvalue weighted by molar-refractivity contribution is 5.80. The zero-order chi connectivity index (χ0) is 13.7. The number of aromatic nitrogens is 3. The molecule has 4 rings (SSSR count). The van der Waals surface area contributed by atoms with Crippen molar-refractivity contribution in [2.75, 3.05) is 0 Å². The lowest BCUT2D eigenvalue weighted by Gasteiger charge is -2.08. The highest BCUT2D eigenvalue weighted by atomic mass is 19.1. The number of nitrogens with zero attached hydrogens (tertiary/aromatic N) is 2. The van der Waals surface area contributed by atoms with Crippen molar-refractivity contribution in [2.45, 2.75) is 25.2 Å². The highest BCUT2D eigenvalue weighted by Gasteiger charge is 2.28. The number of imidazole rings is 1. The minimum atomic E-state index is -0.818. The molecule has 3 aromatic rings. The lowest BCUT2D eigenvalue weighted by Crippen LogP contribution is -2.15. The van der Waals surface area contributed by atoms with Gasteiger partial charge in [0.2, 0.25) is 0 Å². The number of benzene rings is 1.